The Morgan fingerprint density at radius 3 is 2.67 bits per heavy atom. The van der Waals surface area contributed by atoms with Gasteiger partial charge in [-0.2, -0.15) is 16.6 Å². The summed E-state index contributed by atoms with van der Waals surface area (Å²) in [7, 11) is 1.52. The van der Waals surface area contributed by atoms with Crippen LogP contribution in [0, 0.1) is 11.3 Å². The highest BCUT2D eigenvalue weighted by Gasteiger charge is 2.16. The molecule has 0 aliphatic carbocycles. The first kappa shape index (κ1) is 21.4. The molecule has 0 saturated heterocycles. The van der Waals surface area contributed by atoms with Crippen LogP contribution < -0.4 is 14.8 Å². The SMILES string of the molecule is COc1cc(C=CC(=O)NC(c2ccc(Cl)cc2)c2ccsc2)ccc1OCC#N. The molecule has 0 spiro atoms. The molecule has 1 amide bonds. The van der Waals surface area contributed by atoms with Crippen molar-refractivity contribution in [1.82, 2.24) is 5.32 Å². The number of amides is 1. The van der Waals surface area contributed by atoms with Gasteiger partial charge in [-0.3, -0.25) is 4.79 Å². The third-order valence-electron chi connectivity index (χ3n) is 4.27. The molecule has 0 saturated carbocycles. The van der Waals surface area contributed by atoms with Gasteiger partial charge < -0.3 is 14.8 Å². The summed E-state index contributed by atoms with van der Waals surface area (Å²) >= 11 is 7.57. The highest BCUT2D eigenvalue weighted by molar-refractivity contribution is 7.08. The zero-order valence-corrected chi connectivity index (χ0v) is 17.7. The van der Waals surface area contributed by atoms with E-state index in [4.69, 9.17) is 26.3 Å². The van der Waals surface area contributed by atoms with E-state index in [0.29, 0.717) is 16.5 Å². The van der Waals surface area contributed by atoms with E-state index in [0.717, 1.165) is 16.7 Å². The van der Waals surface area contributed by atoms with Crippen LogP contribution in [0.5, 0.6) is 11.5 Å². The Labute approximate surface area is 184 Å². The standard InChI is InChI=1S/C23H19ClN2O3S/c1-28-21-14-16(2-8-20(21)29-12-11-25)3-9-22(27)26-23(18-10-13-30-15-18)17-4-6-19(24)7-5-17/h2-10,13-15,23H,12H2,1H3,(H,26,27). The van der Waals surface area contributed by atoms with Crippen LogP contribution >= 0.6 is 22.9 Å². The van der Waals surface area contributed by atoms with Crippen molar-refractivity contribution in [2.75, 3.05) is 13.7 Å². The lowest BCUT2D eigenvalue weighted by Crippen LogP contribution is -2.27. The van der Waals surface area contributed by atoms with Crippen LogP contribution in [0.15, 0.2) is 65.4 Å². The zero-order chi connectivity index (χ0) is 21.3. The number of methoxy groups -OCH3 is 1. The Morgan fingerprint density at radius 1 is 1.20 bits per heavy atom. The molecule has 1 unspecified atom stereocenters. The van der Waals surface area contributed by atoms with E-state index in [-0.39, 0.29) is 18.6 Å². The highest BCUT2D eigenvalue weighted by Crippen LogP contribution is 2.29. The summed E-state index contributed by atoms with van der Waals surface area (Å²) in [4.78, 5) is 12.6. The Bertz CT molecular complexity index is 1060. The summed E-state index contributed by atoms with van der Waals surface area (Å²) in [5.74, 6) is 0.732. The van der Waals surface area contributed by atoms with Crippen LogP contribution in [0.4, 0.5) is 0 Å². The molecule has 1 N–H and O–H groups in total. The van der Waals surface area contributed by atoms with Gasteiger partial charge in [0.15, 0.2) is 18.1 Å². The monoisotopic (exact) mass is 438 g/mol. The normalized spacial score (nSPS) is 11.6. The summed E-state index contributed by atoms with van der Waals surface area (Å²) in [5.41, 5.74) is 2.72. The second-order valence-electron chi connectivity index (χ2n) is 6.24. The van der Waals surface area contributed by atoms with Gasteiger partial charge in [0.1, 0.15) is 6.07 Å². The first-order chi connectivity index (χ1) is 14.6. The van der Waals surface area contributed by atoms with E-state index in [1.807, 2.05) is 35.0 Å². The number of nitrogens with one attached hydrogen (secondary N) is 1. The van der Waals surface area contributed by atoms with Crippen molar-refractivity contribution in [2.45, 2.75) is 6.04 Å². The van der Waals surface area contributed by atoms with E-state index in [2.05, 4.69) is 5.32 Å². The van der Waals surface area contributed by atoms with Crippen molar-refractivity contribution < 1.29 is 14.3 Å². The lowest BCUT2D eigenvalue weighted by molar-refractivity contribution is -0.116. The molecule has 2 aromatic carbocycles. The molecule has 30 heavy (non-hydrogen) atoms. The fourth-order valence-electron chi connectivity index (χ4n) is 2.83. The van der Waals surface area contributed by atoms with Gasteiger partial charge in [0, 0.05) is 11.1 Å². The molecule has 3 rings (SSSR count). The quantitative estimate of drug-likeness (QED) is 0.489. The predicted molar refractivity (Wildman–Crippen MR) is 119 cm³/mol. The zero-order valence-electron chi connectivity index (χ0n) is 16.2. The minimum Gasteiger partial charge on any atom is -0.493 e. The molecule has 1 heterocycles. The fourth-order valence-corrected chi connectivity index (χ4v) is 3.65. The van der Waals surface area contributed by atoms with Gasteiger partial charge in [-0.15, -0.1) is 0 Å². The van der Waals surface area contributed by atoms with Gasteiger partial charge in [0.25, 0.3) is 0 Å². The number of hydrogen-bond donors (Lipinski definition) is 1. The molecule has 0 aliphatic heterocycles. The van der Waals surface area contributed by atoms with E-state index >= 15 is 0 Å². The summed E-state index contributed by atoms with van der Waals surface area (Å²) in [5, 5.41) is 16.3. The predicted octanol–water partition coefficient (Wildman–Crippen LogP) is 5.23. The van der Waals surface area contributed by atoms with Crippen LogP contribution in [-0.2, 0) is 4.79 Å². The number of hydrogen-bond acceptors (Lipinski definition) is 5. The molecular formula is C23H19ClN2O3S. The average molecular weight is 439 g/mol. The van der Waals surface area contributed by atoms with E-state index in [9.17, 15) is 4.79 Å². The Balaban J connectivity index is 1.74. The maximum absolute atomic E-state index is 12.6. The van der Waals surface area contributed by atoms with Gasteiger partial charge in [-0.1, -0.05) is 29.8 Å². The summed E-state index contributed by atoms with van der Waals surface area (Å²) < 4.78 is 10.6. The molecule has 0 radical (unpaired) electrons. The number of nitriles is 1. The van der Waals surface area contributed by atoms with Crippen molar-refractivity contribution in [1.29, 1.82) is 5.26 Å². The first-order valence-electron chi connectivity index (χ1n) is 9.04. The number of ether oxygens (including phenoxy) is 2. The van der Waals surface area contributed by atoms with Gasteiger partial charge in [-0.25, -0.2) is 0 Å². The van der Waals surface area contributed by atoms with Crippen LogP contribution in [0.2, 0.25) is 5.02 Å². The molecule has 152 valence electrons. The number of benzene rings is 2. The van der Waals surface area contributed by atoms with E-state index in [1.54, 1.807) is 47.7 Å². The van der Waals surface area contributed by atoms with Gasteiger partial charge in [-0.05, 0) is 63.9 Å². The molecule has 1 aromatic heterocycles. The Hall–Kier alpha value is -3.27. The number of carbonyl (C=O) groups excluding carboxylic acids is 1. The Morgan fingerprint density at radius 2 is 2.00 bits per heavy atom. The smallest absolute Gasteiger partial charge is 0.244 e. The molecule has 1 atom stereocenters. The fraction of sp³-hybridized carbons (Fsp3) is 0.130. The minimum atomic E-state index is -0.276. The second-order valence-corrected chi connectivity index (χ2v) is 7.46. The van der Waals surface area contributed by atoms with Crippen molar-refractivity contribution in [3.63, 3.8) is 0 Å². The third-order valence-corrected chi connectivity index (χ3v) is 5.23. The number of carbonyl (C=O) groups is 1. The van der Waals surface area contributed by atoms with Crippen LogP contribution in [0.1, 0.15) is 22.7 Å². The largest absolute Gasteiger partial charge is 0.493 e. The number of halogens is 1. The van der Waals surface area contributed by atoms with Gasteiger partial charge >= 0.3 is 0 Å². The number of rotatable bonds is 8. The highest BCUT2D eigenvalue weighted by atomic mass is 35.5. The second kappa shape index (κ2) is 10.5. The van der Waals surface area contributed by atoms with Crippen LogP contribution in [0.25, 0.3) is 6.08 Å². The van der Waals surface area contributed by atoms with Crippen molar-refractivity contribution in [3.8, 4) is 17.6 Å². The van der Waals surface area contributed by atoms with Crippen molar-refractivity contribution in [3.05, 3.63) is 87.1 Å². The van der Waals surface area contributed by atoms with E-state index < -0.39 is 0 Å². The molecule has 7 heteroatoms. The molecule has 5 nitrogen and oxygen atoms in total. The third kappa shape index (κ3) is 5.63. The molecule has 3 aromatic rings. The molecule has 0 aliphatic rings. The van der Waals surface area contributed by atoms with E-state index in [1.165, 1.54) is 13.2 Å². The summed E-state index contributed by atoms with van der Waals surface area (Å²) in [6, 6.07) is 16.3. The summed E-state index contributed by atoms with van der Waals surface area (Å²) in [6.07, 6.45) is 3.17. The molecular weight excluding hydrogens is 420 g/mol. The van der Waals surface area contributed by atoms with Crippen molar-refractivity contribution >= 4 is 34.9 Å². The average Bonchev–Trinajstić information content (AvgIpc) is 3.30. The topological polar surface area (TPSA) is 71.3 Å². The maximum atomic E-state index is 12.6. The first-order valence-corrected chi connectivity index (χ1v) is 10.4. The minimum absolute atomic E-state index is 0.0668. The van der Waals surface area contributed by atoms with Crippen molar-refractivity contribution in [2.24, 2.45) is 0 Å². The molecule has 0 fully saturated rings. The summed E-state index contributed by atoms with van der Waals surface area (Å²) in [6.45, 7) is -0.0668. The Kier molecular flexibility index (Phi) is 7.50. The lowest BCUT2D eigenvalue weighted by Gasteiger charge is -2.17. The maximum Gasteiger partial charge on any atom is 0.244 e. The molecule has 0 bridgehead atoms. The van der Waals surface area contributed by atoms with Crippen LogP contribution in [0.3, 0.4) is 0 Å². The number of thiophene rings is 1. The van der Waals surface area contributed by atoms with Crippen LogP contribution in [-0.4, -0.2) is 19.6 Å². The lowest BCUT2D eigenvalue weighted by atomic mass is 10.0. The van der Waals surface area contributed by atoms with Gasteiger partial charge in [0.05, 0.1) is 13.2 Å². The van der Waals surface area contributed by atoms with Gasteiger partial charge in [0.2, 0.25) is 5.91 Å². The number of nitrogens with zero attached hydrogens (tertiary/aromatic N) is 1.